The Morgan fingerprint density at radius 2 is 0.598 bits per heavy atom. The summed E-state index contributed by atoms with van der Waals surface area (Å²) in [5.41, 5.74) is 0. The lowest BCUT2D eigenvalue weighted by molar-refractivity contribution is -0.359. The summed E-state index contributed by atoms with van der Waals surface area (Å²) in [7, 11) is 0. The summed E-state index contributed by atoms with van der Waals surface area (Å²) in [5.74, 6) is -0.243. The molecule has 2 rings (SSSR count). The van der Waals surface area contributed by atoms with E-state index in [-0.39, 0.29) is 18.9 Å². The maximum atomic E-state index is 13.4. The lowest BCUT2D eigenvalue weighted by atomic mass is 9.97. The first-order chi connectivity index (χ1) is 52.6. The Morgan fingerprint density at radius 3 is 0.916 bits per heavy atom. The Morgan fingerprint density at radius 1 is 0.327 bits per heavy atom. The third-order valence-electron chi connectivity index (χ3n) is 23.1. The number of allylic oxidation sites excluding steroid dienone is 5. The number of unbranched alkanes of at least 4 members (excludes halogenated alkanes) is 64. The average molecular weight is 1520 g/mol. The molecule has 9 N–H and O–H groups in total. The van der Waals surface area contributed by atoms with Gasteiger partial charge in [0, 0.05) is 6.42 Å². The smallest absolute Gasteiger partial charge is 0.220 e. The molecule has 107 heavy (non-hydrogen) atoms. The van der Waals surface area contributed by atoms with E-state index >= 15 is 0 Å². The minimum absolute atomic E-state index is 0.243. The SMILES string of the molecule is CCCCCCCCCCCCCCCCCCCCCCCC/C=C/CC/C=C/CC/C=C/C(O)C(COC1OC(CO)C(OC2OC(CO)C(O)C(O)C2O)C(O)C1O)NC(=O)CCCCCCCCCCCCCCCCCCCCCCCCCCCCCCCCCCCCCCCCCCC. The Hall–Kier alpha value is -1.79. The first-order valence-electron chi connectivity index (χ1n) is 46.7. The van der Waals surface area contributed by atoms with Crippen molar-refractivity contribution < 1.29 is 64.6 Å². The number of carbonyl (C=O) groups excluding carboxylic acids is 1. The van der Waals surface area contributed by atoms with E-state index in [0.29, 0.717) is 12.8 Å². The van der Waals surface area contributed by atoms with Crippen LogP contribution in [0.3, 0.4) is 0 Å². The molecule has 632 valence electrons. The number of nitrogens with one attached hydrogen (secondary N) is 1. The van der Waals surface area contributed by atoms with E-state index < -0.39 is 86.8 Å². The topological polar surface area (TPSA) is 228 Å². The standard InChI is InChI=1S/C93H177NO13/c1-3-5-7-9-11-13-15-17-19-21-23-25-27-29-31-33-35-37-38-39-40-41-42-43-44-45-47-49-51-53-55-57-59-61-63-65-67-69-71-73-75-77-85(98)94-81(80-104-92-90(103)88(101)91(84(79-96)106-92)107-93-89(102)87(100)86(99)83(78-95)105-93)82(97)76-74-72-70-68-66-64-62-60-58-56-54-52-50-48-46-36-34-32-30-28-26-24-22-20-18-16-14-12-10-8-6-4-2/h58,60,66,68,74,76,81-84,86-93,95-97,99-103H,3-57,59,61-65,67,69-73,75,77-80H2,1-2H3,(H,94,98)/b60-58+,68-66+,76-74+. The number of hydrogen-bond donors (Lipinski definition) is 9. The molecule has 2 aliphatic rings. The molecule has 0 radical (unpaired) electrons. The highest BCUT2D eigenvalue weighted by molar-refractivity contribution is 5.76. The number of aliphatic hydroxyl groups excluding tert-OH is 8. The predicted molar refractivity (Wildman–Crippen MR) is 448 cm³/mol. The van der Waals surface area contributed by atoms with Crippen LogP contribution in [0.4, 0.5) is 0 Å². The predicted octanol–water partition coefficient (Wildman–Crippen LogP) is 23.1. The van der Waals surface area contributed by atoms with Crippen molar-refractivity contribution in [2.75, 3.05) is 19.8 Å². The van der Waals surface area contributed by atoms with Gasteiger partial charge in [-0.25, -0.2) is 0 Å². The molecule has 0 saturated carbocycles. The number of amides is 1. The van der Waals surface area contributed by atoms with Crippen molar-refractivity contribution in [1.82, 2.24) is 5.32 Å². The van der Waals surface area contributed by atoms with Crippen LogP contribution < -0.4 is 5.32 Å². The normalized spacial score (nSPS) is 21.3. The van der Waals surface area contributed by atoms with E-state index in [0.717, 1.165) is 44.9 Å². The second kappa shape index (κ2) is 76.8. The van der Waals surface area contributed by atoms with Crippen LogP contribution in [0.1, 0.15) is 457 Å². The highest BCUT2D eigenvalue weighted by Crippen LogP contribution is 2.31. The van der Waals surface area contributed by atoms with Crippen LogP contribution in [0.5, 0.6) is 0 Å². The van der Waals surface area contributed by atoms with Crippen molar-refractivity contribution in [3.05, 3.63) is 36.5 Å². The van der Waals surface area contributed by atoms with Gasteiger partial charge >= 0.3 is 0 Å². The Bertz CT molecular complexity index is 1940. The molecule has 0 aromatic rings. The Kier molecular flexibility index (Phi) is 72.7. The number of rotatable bonds is 81. The molecule has 0 aromatic heterocycles. The van der Waals surface area contributed by atoms with Crippen LogP contribution in [-0.4, -0.2) is 140 Å². The van der Waals surface area contributed by atoms with Crippen LogP contribution in [-0.2, 0) is 23.7 Å². The molecule has 2 saturated heterocycles. The van der Waals surface area contributed by atoms with Crippen LogP contribution >= 0.6 is 0 Å². The van der Waals surface area contributed by atoms with Gasteiger partial charge in [-0.3, -0.25) is 4.79 Å². The maximum absolute atomic E-state index is 13.4. The highest BCUT2D eigenvalue weighted by atomic mass is 16.7. The molecular weight excluding hydrogens is 1340 g/mol. The van der Waals surface area contributed by atoms with Gasteiger partial charge in [0.2, 0.25) is 5.91 Å². The fraction of sp³-hybridized carbons (Fsp3) is 0.925. The van der Waals surface area contributed by atoms with Crippen molar-refractivity contribution in [3.63, 3.8) is 0 Å². The fourth-order valence-electron chi connectivity index (χ4n) is 15.7. The summed E-state index contributed by atoms with van der Waals surface area (Å²) in [6, 6.07) is -0.939. The third-order valence-corrected chi connectivity index (χ3v) is 23.1. The zero-order valence-corrected chi connectivity index (χ0v) is 69.9. The molecule has 14 nitrogen and oxygen atoms in total. The Labute approximate surface area is 659 Å². The van der Waals surface area contributed by atoms with Crippen molar-refractivity contribution in [2.45, 2.75) is 530 Å². The van der Waals surface area contributed by atoms with Gasteiger partial charge in [0.15, 0.2) is 12.6 Å². The third kappa shape index (κ3) is 58.7. The quantitative estimate of drug-likeness (QED) is 0.0204. The van der Waals surface area contributed by atoms with Gasteiger partial charge in [-0.15, -0.1) is 0 Å². The highest BCUT2D eigenvalue weighted by Gasteiger charge is 2.51. The summed E-state index contributed by atoms with van der Waals surface area (Å²) in [5, 5.41) is 87.8. The Balaban J connectivity index is 1.55. The summed E-state index contributed by atoms with van der Waals surface area (Å²) < 4.78 is 22.9. The van der Waals surface area contributed by atoms with Gasteiger partial charge in [-0.1, -0.05) is 442 Å². The van der Waals surface area contributed by atoms with Crippen LogP contribution in [0.15, 0.2) is 36.5 Å². The molecule has 0 spiro atoms. The first-order valence-corrected chi connectivity index (χ1v) is 46.7. The maximum Gasteiger partial charge on any atom is 0.220 e. The molecular formula is C93H177NO13. The lowest BCUT2D eigenvalue weighted by Crippen LogP contribution is -2.65. The van der Waals surface area contributed by atoms with Gasteiger partial charge in [0.05, 0.1) is 32.0 Å². The second-order valence-corrected chi connectivity index (χ2v) is 33.1. The molecule has 2 aliphatic heterocycles. The molecule has 14 heteroatoms. The molecule has 0 aromatic carbocycles. The zero-order valence-electron chi connectivity index (χ0n) is 69.9. The summed E-state index contributed by atoms with van der Waals surface area (Å²) >= 11 is 0. The molecule has 12 unspecified atom stereocenters. The van der Waals surface area contributed by atoms with Gasteiger partial charge in [-0.05, 0) is 44.9 Å². The van der Waals surface area contributed by atoms with E-state index in [1.807, 2.05) is 6.08 Å². The lowest BCUT2D eigenvalue weighted by Gasteiger charge is -2.46. The van der Waals surface area contributed by atoms with E-state index in [1.165, 1.54) is 379 Å². The first kappa shape index (κ1) is 101. The largest absolute Gasteiger partial charge is 0.394 e. The number of hydrogen-bond acceptors (Lipinski definition) is 13. The molecule has 2 fully saturated rings. The summed E-state index contributed by atoms with van der Waals surface area (Å²) in [6.07, 6.45) is 87.3. The van der Waals surface area contributed by atoms with E-state index in [4.69, 9.17) is 18.9 Å². The molecule has 2 heterocycles. The van der Waals surface area contributed by atoms with Gasteiger partial charge in [-0.2, -0.15) is 0 Å². The molecule has 0 bridgehead atoms. The minimum Gasteiger partial charge on any atom is -0.394 e. The van der Waals surface area contributed by atoms with Crippen molar-refractivity contribution in [2.24, 2.45) is 0 Å². The second-order valence-electron chi connectivity index (χ2n) is 33.1. The monoisotopic (exact) mass is 1520 g/mol. The van der Waals surface area contributed by atoms with Crippen molar-refractivity contribution in [1.29, 1.82) is 0 Å². The van der Waals surface area contributed by atoms with Crippen molar-refractivity contribution >= 4 is 5.91 Å². The van der Waals surface area contributed by atoms with E-state index in [2.05, 4.69) is 43.5 Å². The van der Waals surface area contributed by atoms with Gasteiger partial charge < -0.3 is 65.1 Å². The number of ether oxygens (including phenoxy) is 4. The fourth-order valence-corrected chi connectivity index (χ4v) is 15.7. The van der Waals surface area contributed by atoms with E-state index in [9.17, 15) is 45.6 Å². The van der Waals surface area contributed by atoms with Crippen LogP contribution in [0.2, 0.25) is 0 Å². The van der Waals surface area contributed by atoms with E-state index in [1.54, 1.807) is 6.08 Å². The average Bonchev–Trinajstić information content (AvgIpc) is 0.790. The number of aliphatic hydroxyl groups is 8. The zero-order chi connectivity index (χ0) is 77.2. The molecule has 1 amide bonds. The molecule has 0 aliphatic carbocycles. The number of carbonyl (C=O) groups is 1. The molecule has 12 atom stereocenters. The van der Waals surface area contributed by atoms with Gasteiger partial charge in [0.25, 0.3) is 0 Å². The van der Waals surface area contributed by atoms with Crippen LogP contribution in [0.25, 0.3) is 0 Å². The minimum atomic E-state index is -1.79. The van der Waals surface area contributed by atoms with Gasteiger partial charge in [0.1, 0.15) is 48.8 Å². The van der Waals surface area contributed by atoms with Crippen LogP contribution in [0, 0.1) is 0 Å². The summed E-state index contributed by atoms with van der Waals surface area (Å²) in [4.78, 5) is 13.4. The van der Waals surface area contributed by atoms with Crippen molar-refractivity contribution in [3.8, 4) is 0 Å². The summed E-state index contributed by atoms with van der Waals surface area (Å²) in [6.45, 7) is 2.86.